The largest absolute Gasteiger partial charge is 0.298 e. The standard InChI is InChI=1S/C18H20N2/c1-14(2)15-8-10-16(11-9-15)18-12-13-20(19-18)17-6-4-3-5-7-17/h3-12,14,19H,13H2,1-2H3. The molecule has 2 aromatic rings. The Kier molecular flexibility index (Phi) is 3.46. The zero-order valence-electron chi connectivity index (χ0n) is 12.0. The van der Waals surface area contributed by atoms with Crippen LogP contribution < -0.4 is 10.4 Å². The molecule has 2 nitrogen and oxygen atoms in total. The summed E-state index contributed by atoms with van der Waals surface area (Å²) in [4.78, 5) is 0. The molecular formula is C18H20N2. The van der Waals surface area contributed by atoms with Crippen molar-refractivity contribution < 1.29 is 0 Å². The Labute approximate surface area is 120 Å². The SMILES string of the molecule is CC(C)c1ccc(C2=CCN(c3ccccc3)N2)cc1. The first-order chi connectivity index (χ1) is 9.74. The fourth-order valence-electron chi connectivity index (χ4n) is 2.43. The van der Waals surface area contributed by atoms with E-state index in [0.29, 0.717) is 5.92 Å². The van der Waals surface area contributed by atoms with E-state index in [1.54, 1.807) is 0 Å². The van der Waals surface area contributed by atoms with Gasteiger partial charge in [0.15, 0.2) is 0 Å². The van der Waals surface area contributed by atoms with Crippen LogP contribution >= 0.6 is 0 Å². The van der Waals surface area contributed by atoms with Crippen LogP contribution in [0.4, 0.5) is 5.69 Å². The molecule has 1 aliphatic rings. The van der Waals surface area contributed by atoms with Crippen molar-refractivity contribution in [3.8, 4) is 0 Å². The third-order valence-electron chi connectivity index (χ3n) is 3.69. The Balaban J connectivity index is 1.74. The molecule has 102 valence electrons. The lowest BCUT2D eigenvalue weighted by Gasteiger charge is -2.20. The maximum Gasteiger partial charge on any atom is 0.0598 e. The van der Waals surface area contributed by atoms with Gasteiger partial charge in [-0.15, -0.1) is 0 Å². The zero-order chi connectivity index (χ0) is 13.9. The lowest BCUT2D eigenvalue weighted by atomic mass is 10.0. The van der Waals surface area contributed by atoms with Crippen LogP contribution in [0.15, 0.2) is 60.7 Å². The number of hydrazine groups is 1. The first-order valence-corrected chi connectivity index (χ1v) is 7.14. The molecular weight excluding hydrogens is 244 g/mol. The van der Waals surface area contributed by atoms with Crippen molar-refractivity contribution in [1.82, 2.24) is 5.43 Å². The average molecular weight is 264 g/mol. The summed E-state index contributed by atoms with van der Waals surface area (Å²) in [6.45, 7) is 5.34. The minimum Gasteiger partial charge on any atom is -0.298 e. The van der Waals surface area contributed by atoms with Gasteiger partial charge in [-0.25, -0.2) is 0 Å². The van der Waals surface area contributed by atoms with E-state index in [-0.39, 0.29) is 0 Å². The molecule has 1 heterocycles. The normalized spacial score (nSPS) is 14.3. The molecule has 0 radical (unpaired) electrons. The van der Waals surface area contributed by atoms with Gasteiger partial charge in [-0.2, -0.15) is 0 Å². The Bertz CT molecular complexity index is 597. The second kappa shape index (κ2) is 5.41. The van der Waals surface area contributed by atoms with Crippen molar-refractivity contribution in [3.63, 3.8) is 0 Å². The quantitative estimate of drug-likeness (QED) is 0.894. The minimum atomic E-state index is 0.579. The lowest BCUT2D eigenvalue weighted by Crippen LogP contribution is -2.31. The van der Waals surface area contributed by atoms with E-state index in [2.05, 4.69) is 78.9 Å². The molecule has 0 bridgehead atoms. The maximum absolute atomic E-state index is 3.47. The highest BCUT2D eigenvalue weighted by atomic mass is 15.5. The number of hydrogen-bond acceptors (Lipinski definition) is 2. The van der Waals surface area contributed by atoms with E-state index >= 15 is 0 Å². The molecule has 0 spiro atoms. The van der Waals surface area contributed by atoms with Crippen LogP contribution in [0.3, 0.4) is 0 Å². The van der Waals surface area contributed by atoms with Crippen LogP contribution in [0, 0.1) is 0 Å². The summed E-state index contributed by atoms with van der Waals surface area (Å²) in [7, 11) is 0. The number of benzene rings is 2. The Hall–Kier alpha value is -2.22. The van der Waals surface area contributed by atoms with Crippen LogP contribution in [0.5, 0.6) is 0 Å². The van der Waals surface area contributed by atoms with E-state index in [0.717, 1.165) is 6.54 Å². The second-order valence-electron chi connectivity index (χ2n) is 5.45. The van der Waals surface area contributed by atoms with E-state index in [1.807, 2.05) is 6.07 Å². The zero-order valence-corrected chi connectivity index (χ0v) is 12.0. The molecule has 0 atom stereocenters. The van der Waals surface area contributed by atoms with Crippen LogP contribution in [0.1, 0.15) is 30.9 Å². The third kappa shape index (κ3) is 2.55. The Morgan fingerprint density at radius 3 is 2.30 bits per heavy atom. The number of para-hydroxylation sites is 1. The predicted octanol–water partition coefficient (Wildman–Crippen LogP) is 4.18. The molecule has 0 fully saturated rings. The Morgan fingerprint density at radius 1 is 0.950 bits per heavy atom. The first kappa shape index (κ1) is 12.8. The van der Waals surface area contributed by atoms with Crippen LogP contribution in [0.2, 0.25) is 0 Å². The van der Waals surface area contributed by atoms with Gasteiger partial charge in [-0.1, -0.05) is 56.3 Å². The summed E-state index contributed by atoms with van der Waals surface area (Å²) >= 11 is 0. The maximum atomic E-state index is 3.47. The molecule has 1 aliphatic heterocycles. The predicted molar refractivity (Wildman–Crippen MR) is 85.4 cm³/mol. The average Bonchev–Trinajstić information content (AvgIpc) is 2.98. The highest BCUT2D eigenvalue weighted by molar-refractivity contribution is 5.70. The molecule has 0 aromatic heterocycles. The summed E-state index contributed by atoms with van der Waals surface area (Å²) in [6.07, 6.45) is 2.23. The van der Waals surface area contributed by atoms with Gasteiger partial charge in [0.1, 0.15) is 0 Å². The van der Waals surface area contributed by atoms with Gasteiger partial charge in [0, 0.05) is 0 Å². The van der Waals surface area contributed by atoms with Gasteiger partial charge in [0.25, 0.3) is 0 Å². The molecule has 1 N–H and O–H groups in total. The molecule has 0 unspecified atom stereocenters. The monoisotopic (exact) mass is 264 g/mol. The molecule has 0 aliphatic carbocycles. The third-order valence-corrected chi connectivity index (χ3v) is 3.69. The molecule has 2 aromatic carbocycles. The van der Waals surface area contributed by atoms with Crippen molar-refractivity contribution >= 4 is 11.4 Å². The van der Waals surface area contributed by atoms with E-state index < -0.39 is 0 Å². The highest BCUT2D eigenvalue weighted by Gasteiger charge is 2.14. The minimum absolute atomic E-state index is 0.579. The number of nitrogens with one attached hydrogen (secondary N) is 1. The van der Waals surface area contributed by atoms with Crippen molar-refractivity contribution in [2.75, 3.05) is 11.6 Å². The van der Waals surface area contributed by atoms with Gasteiger partial charge in [-0.3, -0.25) is 10.4 Å². The van der Waals surface area contributed by atoms with Crippen molar-refractivity contribution in [1.29, 1.82) is 0 Å². The van der Waals surface area contributed by atoms with Gasteiger partial charge in [0.2, 0.25) is 0 Å². The van der Waals surface area contributed by atoms with Crippen molar-refractivity contribution in [3.05, 3.63) is 71.8 Å². The fourth-order valence-corrected chi connectivity index (χ4v) is 2.43. The van der Waals surface area contributed by atoms with Crippen LogP contribution in [-0.4, -0.2) is 6.54 Å². The second-order valence-corrected chi connectivity index (χ2v) is 5.45. The first-order valence-electron chi connectivity index (χ1n) is 7.14. The number of nitrogens with zero attached hydrogens (tertiary/aromatic N) is 1. The van der Waals surface area contributed by atoms with Gasteiger partial charge >= 0.3 is 0 Å². The van der Waals surface area contributed by atoms with Gasteiger partial charge in [-0.05, 0) is 35.3 Å². The number of rotatable bonds is 3. The van der Waals surface area contributed by atoms with Crippen LogP contribution in [-0.2, 0) is 0 Å². The summed E-state index contributed by atoms with van der Waals surface area (Å²) in [5, 5.41) is 2.16. The summed E-state index contributed by atoms with van der Waals surface area (Å²) < 4.78 is 0. The highest BCUT2D eigenvalue weighted by Crippen LogP contribution is 2.23. The molecule has 0 amide bonds. The Morgan fingerprint density at radius 2 is 1.65 bits per heavy atom. The summed E-state index contributed by atoms with van der Waals surface area (Å²) in [5.41, 5.74) is 8.47. The van der Waals surface area contributed by atoms with Crippen molar-refractivity contribution in [2.24, 2.45) is 0 Å². The molecule has 2 heteroatoms. The van der Waals surface area contributed by atoms with Gasteiger partial charge < -0.3 is 0 Å². The topological polar surface area (TPSA) is 15.3 Å². The molecule has 20 heavy (non-hydrogen) atoms. The summed E-state index contributed by atoms with van der Waals surface area (Å²) in [5.74, 6) is 0.579. The fraction of sp³-hybridized carbons (Fsp3) is 0.222. The van der Waals surface area contributed by atoms with Gasteiger partial charge in [0.05, 0.1) is 17.9 Å². The molecule has 3 rings (SSSR count). The van der Waals surface area contributed by atoms with E-state index in [1.165, 1.54) is 22.5 Å². The smallest absolute Gasteiger partial charge is 0.0598 e. The number of hydrogen-bond donors (Lipinski definition) is 1. The summed E-state index contributed by atoms with van der Waals surface area (Å²) in [6, 6.07) is 19.2. The molecule has 0 saturated carbocycles. The van der Waals surface area contributed by atoms with Crippen LogP contribution in [0.25, 0.3) is 5.70 Å². The van der Waals surface area contributed by atoms with E-state index in [4.69, 9.17) is 0 Å². The number of anilines is 1. The van der Waals surface area contributed by atoms with Crippen molar-refractivity contribution in [2.45, 2.75) is 19.8 Å². The van der Waals surface area contributed by atoms with E-state index in [9.17, 15) is 0 Å². The molecule has 0 saturated heterocycles. The lowest BCUT2D eigenvalue weighted by molar-refractivity contribution is 0.850.